The zero-order valence-corrected chi connectivity index (χ0v) is 12.8. The smallest absolute Gasteiger partial charge is 0.120 e. The van der Waals surface area contributed by atoms with Gasteiger partial charge in [0.25, 0.3) is 0 Å². The number of hydrogen-bond acceptors (Lipinski definition) is 3. The predicted molar refractivity (Wildman–Crippen MR) is 79.1 cm³/mol. The molecule has 1 N–H and O–H groups in total. The van der Waals surface area contributed by atoms with Crippen molar-refractivity contribution in [1.29, 1.82) is 0 Å². The van der Waals surface area contributed by atoms with Gasteiger partial charge in [0.1, 0.15) is 12.4 Å². The molecule has 5 heteroatoms. The van der Waals surface area contributed by atoms with Gasteiger partial charge in [-0.25, -0.2) is 0 Å². The van der Waals surface area contributed by atoms with E-state index in [1.165, 1.54) is 5.56 Å². The van der Waals surface area contributed by atoms with Crippen LogP contribution in [0.3, 0.4) is 0 Å². The first-order chi connectivity index (χ1) is 9.19. The molecule has 1 aromatic carbocycles. The highest BCUT2D eigenvalue weighted by atomic mass is 79.9. The summed E-state index contributed by atoms with van der Waals surface area (Å²) in [6.07, 6.45) is 3.77. The van der Waals surface area contributed by atoms with Crippen molar-refractivity contribution in [3.05, 3.63) is 46.2 Å². The van der Waals surface area contributed by atoms with E-state index in [0.717, 1.165) is 28.9 Å². The lowest BCUT2D eigenvalue weighted by atomic mass is 10.2. The van der Waals surface area contributed by atoms with Crippen LogP contribution in [0.5, 0.6) is 5.75 Å². The molecule has 0 radical (unpaired) electrons. The normalized spacial score (nSPS) is 10.7. The van der Waals surface area contributed by atoms with Gasteiger partial charge in [0.15, 0.2) is 0 Å². The summed E-state index contributed by atoms with van der Waals surface area (Å²) in [7, 11) is 1.90. The van der Waals surface area contributed by atoms with E-state index in [2.05, 4.69) is 39.3 Å². The maximum Gasteiger partial charge on any atom is 0.120 e. The summed E-state index contributed by atoms with van der Waals surface area (Å²) < 4.78 is 8.65. The van der Waals surface area contributed by atoms with Crippen molar-refractivity contribution in [3.63, 3.8) is 0 Å². The summed E-state index contributed by atoms with van der Waals surface area (Å²) in [6, 6.07) is 6.05. The average molecular weight is 324 g/mol. The number of nitrogens with one attached hydrogen (secondary N) is 1. The van der Waals surface area contributed by atoms with Crippen LogP contribution >= 0.6 is 15.9 Å². The van der Waals surface area contributed by atoms with Gasteiger partial charge in [-0.15, -0.1) is 0 Å². The molecule has 0 bridgehead atoms. The SMILES string of the molecule is CCNCc1cc(OCc2cnn(C)c2)ccc1Br. The Morgan fingerprint density at radius 2 is 2.26 bits per heavy atom. The van der Waals surface area contributed by atoms with Crippen molar-refractivity contribution >= 4 is 15.9 Å². The van der Waals surface area contributed by atoms with Crippen molar-refractivity contribution < 1.29 is 4.74 Å². The Morgan fingerprint density at radius 3 is 2.95 bits per heavy atom. The third-order valence-electron chi connectivity index (χ3n) is 2.75. The Bertz CT molecular complexity index is 539. The molecule has 2 aromatic rings. The summed E-state index contributed by atoms with van der Waals surface area (Å²) in [4.78, 5) is 0. The molecule has 1 aromatic heterocycles. The Hall–Kier alpha value is -1.33. The lowest BCUT2D eigenvalue weighted by Gasteiger charge is -2.09. The summed E-state index contributed by atoms with van der Waals surface area (Å²) in [6.45, 7) is 4.42. The van der Waals surface area contributed by atoms with Crippen molar-refractivity contribution in [1.82, 2.24) is 15.1 Å². The lowest BCUT2D eigenvalue weighted by Crippen LogP contribution is -2.12. The van der Waals surface area contributed by atoms with Crippen molar-refractivity contribution in [2.45, 2.75) is 20.1 Å². The van der Waals surface area contributed by atoms with E-state index in [1.54, 1.807) is 4.68 Å². The number of aryl methyl sites for hydroxylation is 1. The summed E-state index contributed by atoms with van der Waals surface area (Å²) in [5.74, 6) is 0.875. The highest BCUT2D eigenvalue weighted by Gasteiger charge is 2.03. The molecule has 0 aliphatic rings. The fraction of sp³-hybridized carbons (Fsp3) is 0.357. The molecule has 1 heterocycles. The van der Waals surface area contributed by atoms with Crippen LogP contribution < -0.4 is 10.1 Å². The molecule has 0 amide bonds. The van der Waals surface area contributed by atoms with Gasteiger partial charge < -0.3 is 10.1 Å². The summed E-state index contributed by atoms with van der Waals surface area (Å²) in [5, 5.41) is 7.43. The van der Waals surface area contributed by atoms with Crippen LogP contribution in [0.25, 0.3) is 0 Å². The van der Waals surface area contributed by atoms with E-state index in [4.69, 9.17) is 4.74 Å². The largest absolute Gasteiger partial charge is 0.489 e. The minimum absolute atomic E-state index is 0.538. The Morgan fingerprint density at radius 1 is 1.42 bits per heavy atom. The molecule has 19 heavy (non-hydrogen) atoms. The van der Waals surface area contributed by atoms with Gasteiger partial charge in [-0.2, -0.15) is 5.10 Å². The monoisotopic (exact) mass is 323 g/mol. The van der Waals surface area contributed by atoms with E-state index in [0.29, 0.717) is 6.61 Å². The first kappa shape index (κ1) is 14.1. The fourth-order valence-electron chi connectivity index (χ4n) is 1.75. The Labute approximate surface area is 121 Å². The van der Waals surface area contributed by atoms with Gasteiger partial charge in [0.05, 0.1) is 6.20 Å². The molecule has 0 fully saturated rings. The van der Waals surface area contributed by atoms with Gasteiger partial charge in [0, 0.05) is 29.8 Å². The molecule has 0 spiro atoms. The van der Waals surface area contributed by atoms with Crippen LogP contribution in [-0.4, -0.2) is 16.3 Å². The molecule has 2 rings (SSSR count). The minimum Gasteiger partial charge on any atom is -0.489 e. The van der Waals surface area contributed by atoms with Crippen LogP contribution in [0.4, 0.5) is 0 Å². The molecule has 102 valence electrons. The van der Waals surface area contributed by atoms with Gasteiger partial charge in [-0.1, -0.05) is 22.9 Å². The number of aromatic nitrogens is 2. The fourth-order valence-corrected chi connectivity index (χ4v) is 2.14. The number of ether oxygens (including phenoxy) is 1. The molecule has 0 aliphatic carbocycles. The van der Waals surface area contributed by atoms with E-state index < -0.39 is 0 Å². The lowest BCUT2D eigenvalue weighted by molar-refractivity contribution is 0.305. The molecule has 4 nitrogen and oxygen atoms in total. The van der Waals surface area contributed by atoms with Gasteiger partial charge in [-0.05, 0) is 30.3 Å². The average Bonchev–Trinajstić information content (AvgIpc) is 2.82. The van der Waals surface area contributed by atoms with Crippen LogP contribution in [0.2, 0.25) is 0 Å². The second kappa shape index (κ2) is 6.73. The van der Waals surface area contributed by atoms with Crippen LogP contribution in [0, 0.1) is 0 Å². The maximum absolute atomic E-state index is 5.78. The van der Waals surface area contributed by atoms with E-state index in [9.17, 15) is 0 Å². The standard InChI is InChI=1S/C14H18BrN3O/c1-3-16-8-12-6-13(4-5-14(12)15)19-10-11-7-17-18(2)9-11/h4-7,9,16H,3,8,10H2,1-2H3. The van der Waals surface area contributed by atoms with Gasteiger partial charge in [-0.3, -0.25) is 4.68 Å². The number of hydrogen-bond donors (Lipinski definition) is 1. The highest BCUT2D eigenvalue weighted by Crippen LogP contribution is 2.23. The highest BCUT2D eigenvalue weighted by molar-refractivity contribution is 9.10. The van der Waals surface area contributed by atoms with Crippen molar-refractivity contribution in [2.75, 3.05) is 6.54 Å². The number of nitrogens with zero attached hydrogens (tertiary/aromatic N) is 2. The molecular weight excluding hydrogens is 306 g/mol. The van der Waals surface area contributed by atoms with Gasteiger partial charge in [0.2, 0.25) is 0 Å². The number of halogens is 1. The molecule has 0 aliphatic heterocycles. The minimum atomic E-state index is 0.538. The quantitative estimate of drug-likeness (QED) is 0.888. The van der Waals surface area contributed by atoms with E-state index >= 15 is 0 Å². The summed E-state index contributed by atoms with van der Waals surface area (Å²) in [5.41, 5.74) is 2.27. The molecule has 0 unspecified atom stereocenters. The van der Waals surface area contributed by atoms with Gasteiger partial charge >= 0.3 is 0 Å². The third kappa shape index (κ3) is 4.08. The maximum atomic E-state index is 5.78. The van der Waals surface area contributed by atoms with Crippen LogP contribution in [-0.2, 0) is 20.2 Å². The molecule has 0 atom stereocenters. The summed E-state index contributed by atoms with van der Waals surface area (Å²) >= 11 is 3.55. The topological polar surface area (TPSA) is 39.1 Å². The van der Waals surface area contributed by atoms with Crippen molar-refractivity contribution in [2.24, 2.45) is 7.05 Å². The molecule has 0 saturated carbocycles. The van der Waals surface area contributed by atoms with Crippen molar-refractivity contribution in [3.8, 4) is 5.75 Å². The zero-order chi connectivity index (χ0) is 13.7. The second-order valence-corrected chi connectivity index (χ2v) is 5.20. The van der Waals surface area contributed by atoms with E-state index in [1.807, 2.05) is 31.6 Å². The third-order valence-corrected chi connectivity index (χ3v) is 3.52. The first-order valence-electron chi connectivity index (χ1n) is 6.28. The first-order valence-corrected chi connectivity index (χ1v) is 7.08. The van der Waals surface area contributed by atoms with Crippen LogP contribution in [0.1, 0.15) is 18.1 Å². The van der Waals surface area contributed by atoms with Crippen LogP contribution in [0.15, 0.2) is 35.1 Å². The Kier molecular flexibility index (Phi) is 4.99. The van der Waals surface area contributed by atoms with E-state index in [-0.39, 0.29) is 0 Å². The number of rotatable bonds is 6. The second-order valence-electron chi connectivity index (χ2n) is 4.34. The number of benzene rings is 1. The zero-order valence-electron chi connectivity index (χ0n) is 11.2. The predicted octanol–water partition coefficient (Wildman–Crippen LogP) is 2.87. The molecular formula is C14H18BrN3O. The molecule has 0 saturated heterocycles. The Balaban J connectivity index is 2.00.